The molecule has 136 valence electrons. The van der Waals surface area contributed by atoms with Crippen LogP contribution in [0.5, 0.6) is 5.75 Å². The number of rotatable bonds is 7. The van der Waals surface area contributed by atoms with Crippen LogP contribution in [0.2, 0.25) is 0 Å². The molecule has 1 aromatic carbocycles. The highest BCUT2D eigenvalue weighted by Gasteiger charge is 2.14. The third kappa shape index (κ3) is 6.57. The average Bonchev–Trinajstić information content (AvgIpc) is 2.63. The van der Waals surface area contributed by atoms with Gasteiger partial charge in [-0.2, -0.15) is 5.10 Å². The van der Waals surface area contributed by atoms with E-state index in [0.29, 0.717) is 23.8 Å². The molecular formula is C19H26N2O4. The summed E-state index contributed by atoms with van der Waals surface area (Å²) < 4.78 is 10.5. The highest BCUT2D eigenvalue weighted by Crippen LogP contribution is 2.20. The van der Waals surface area contributed by atoms with Crippen LogP contribution in [0, 0.1) is 5.92 Å². The van der Waals surface area contributed by atoms with Gasteiger partial charge >= 0.3 is 5.97 Å². The Kier molecular flexibility index (Phi) is 7.44. The summed E-state index contributed by atoms with van der Waals surface area (Å²) in [5.74, 6) is 0.491. The summed E-state index contributed by atoms with van der Waals surface area (Å²) in [6.45, 7) is 4.42. The average molecular weight is 346 g/mol. The van der Waals surface area contributed by atoms with Crippen molar-refractivity contribution in [3.63, 3.8) is 0 Å². The maximum atomic E-state index is 11.8. The maximum absolute atomic E-state index is 11.8. The van der Waals surface area contributed by atoms with Gasteiger partial charge in [0.25, 0.3) is 5.91 Å². The predicted molar refractivity (Wildman–Crippen MR) is 95.7 cm³/mol. The molecule has 1 atom stereocenters. The maximum Gasteiger partial charge on any atom is 0.338 e. The van der Waals surface area contributed by atoms with Gasteiger partial charge < -0.3 is 9.47 Å². The number of hydrazone groups is 1. The molecule has 0 saturated heterocycles. The molecule has 0 heterocycles. The summed E-state index contributed by atoms with van der Waals surface area (Å²) in [7, 11) is 0. The van der Waals surface area contributed by atoms with Crippen molar-refractivity contribution < 1.29 is 19.1 Å². The Labute approximate surface area is 148 Å². The van der Waals surface area contributed by atoms with Gasteiger partial charge in [-0.25, -0.2) is 10.2 Å². The Hall–Kier alpha value is -2.37. The second kappa shape index (κ2) is 9.81. The molecule has 0 radical (unpaired) electrons. The van der Waals surface area contributed by atoms with Crippen LogP contribution < -0.4 is 10.2 Å². The van der Waals surface area contributed by atoms with Crippen molar-refractivity contribution in [3.05, 3.63) is 29.8 Å². The molecule has 0 aromatic heterocycles. The molecule has 1 aliphatic rings. The molecule has 0 spiro atoms. The fourth-order valence-corrected chi connectivity index (χ4v) is 2.65. The first-order valence-corrected chi connectivity index (χ1v) is 8.82. The molecule has 1 unspecified atom stereocenters. The number of nitrogens with one attached hydrogen (secondary N) is 1. The predicted octanol–water partition coefficient (Wildman–Crippen LogP) is 3.31. The lowest BCUT2D eigenvalue weighted by Crippen LogP contribution is -2.27. The Balaban J connectivity index is 1.76. The molecule has 6 nitrogen and oxygen atoms in total. The van der Waals surface area contributed by atoms with E-state index in [4.69, 9.17) is 9.47 Å². The summed E-state index contributed by atoms with van der Waals surface area (Å²) in [6.07, 6.45) is 5.01. The molecule has 1 aromatic rings. The monoisotopic (exact) mass is 346 g/mol. The molecule has 1 amide bonds. The highest BCUT2D eigenvalue weighted by atomic mass is 16.5. The minimum Gasteiger partial charge on any atom is -0.484 e. The Bertz CT molecular complexity index is 610. The van der Waals surface area contributed by atoms with Crippen molar-refractivity contribution in [1.29, 1.82) is 0 Å². The van der Waals surface area contributed by atoms with E-state index in [1.165, 1.54) is 6.42 Å². The number of carbonyl (C=O) groups is 2. The third-order valence-corrected chi connectivity index (χ3v) is 3.98. The second-order valence-electron chi connectivity index (χ2n) is 6.36. The van der Waals surface area contributed by atoms with Crippen molar-refractivity contribution in [3.8, 4) is 5.75 Å². The van der Waals surface area contributed by atoms with Gasteiger partial charge in [-0.1, -0.05) is 13.8 Å². The van der Waals surface area contributed by atoms with Gasteiger partial charge in [0.1, 0.15) is 5.75 Å². The highest BCUT2D eigenvalue weighted by molar-refractivity contribution is 5.89. The standard InChI is InChI=1S/C19H26N2O4/c1-3-11-24-19(23)15-7-9-17(10-8-15)25-13-18(22)21-20-16-6-4-5-14(2)12-16/h7-10,14H,3-6,11-13H2,1-2H3,(H,21,22)/b20-16+. The Morgan fingerprint density at radius 3 is 2.72 bits per heavy atom. The van der Waals surface area contributed by atoms with E-state index in [1.54, 1.807) is 24.3 Å². The molecular weight excluding hydrogens is 320 g/mol. The van der Waals surface area contributed by atoms with Crippen LogP contribution in [0.4, 0.5) is 0 Å². The number of esters is 1. The van der Waals surface area contributed by atoms with Gasteiger partial charge in [0, 0.05) is 5.71 Å². The second-order valence-corrected chi connectivity index (χ2v) is 6.36. The summed E-state index contributed by atoms with van der Waals surface area (Å²) in [6, 6.07) is 6.53. The first kappa shape index (κ1) is 19.0. The van der Waals surface area contributed by atoms with Crippen LogP contribution >= 0.6 is 0 Å². The lowest BCUT2D eigenvalue weighted by atomic mass is 9.89. The first-order valence-electron chi connectivity index (χ1n) is 8.82. The Morgan fingerprint density at radius 1 is 1.28 bits per heavy atom. The molecule has 2 rings (SSSR count). The van der Waals surface area contributed by atoms with Gasteiger partial charge in [0.15, 0.2) is 6.61 Å². The molecule has 0 aliphatic heterocycles. The van der Waals surface area contributed by atoms with E-state index in [1.807, 2.05) is 6.92 Å². The Morgan fingerprint density at radius 2 is 2.04 bits per heavy atom. The van der Waals surface area contributed by atoms with Crippen LogP contribution in [0.25, 0.3) is 0 Å². The quantitative estimate of drug-likeness (QED) is 0.607. The molecule has 0 bridgehead atoms. The van der Waals surface area contributed by atoms with Crippen molar-refractivity contribution >= 4 is 17.6 Å². The first-order chi connectivity index (χ1) is 12.1. The fourth-order valence-electron chi connectivity index (χ4n) is 2.65. The van der Waals surface area contributed by atoms with Gasteiger partial charge in [0.05, 0.1) is 12.2 Å². The number of nitrogens with zero attached hydrogens (tertiary/aromatic N) is 1. The summed E-state index contributed by atoms with van der Waals surface area (Å²) in [5.41, 5.74) is 4.05. The van der Waals surface area contributed by atoms with Crippen LogP contribution in [0.3, 0.4) is 0 Å². The SMILES string of the molecule is CCCOC(=O)c1ccc(OCC(=O)N/N=C2\CCCC(C)C2)cc1. The van der Waals surface area contributed by atoms with E-state index in [2.05, 4.69) is 17.5 Å². The minimum absolute atomic E-state index is 0.119. The number of hydrogen-bond donors (Lipinski definition) is 1. The van der Waals surface area contributed by atoms with E-state index >= 15 is 0 Å². The number of ether oxygens (including phenoxy) is 2. The van der Waals surface area contributed by atoms with E-state index in [-0.39, 0.29) is 18.5 Å². The number of amides is 1. The van der Waals surface area contributed by atoms with Crippen LogP contribution in [0.1, 0.15) is 56.3 Å². The number of benzene rings is 1. The van der Waals surface area contributed by atoms with Crippen molar-refractivity contribution in [1.82, 2.24) is 5.43 Å². The summed E-state index contributed by atoms with van der Waals surface area (Å²) in [5, 5.41) is 4.19. The van der Waals surface area contributed by atoms with Crippen molar-refractivity contribution in [2.45, 2.75) is 46.0 Å². The van der Waals surface area contributed by atoms with Gasteiger partial charge in [-0.05, 0) is 62.3 Å². The fraction of sp³-hybridized carbons (Fsp3) is 0.526. The van der Waals surface area contributed by atoms with Gasteiger partial charge in [0.2, 0.25) is 0 Å². The van der Waals surface area contributed by atoms with Gasteiger partial charge in [-0.15, -0.1) is 0 Å². The lowest BCUT2D eigenvalue weighted by Gasteiger charge is -2.18. The zero-order chi connectivity index (χ0) is 18.1. The third-order valence-electron chi connectivity index (χ3n) is 3.98. The zero-order valence-electron chi connectivity index (χ0n) is 14.9. The molecule has 6 heteroatoms. The van der Waals surface area contributed by atoms with Crippen LogP contribution in [-0.4, -0.2) is 30.8 Å². The molecule has 25 heavy (non-hydrogen) atoms. The number of carbonyl (C=O) groups excluding carboxylic acids is 2. The van der Waals surface area contributed by atoms with E-state index < -0.39 is 0 Å². The van der Waals surface area contributed by atoms with Crippen LogP contribution in [0.15, 0.2) is 29.4 Å². The topological polar surface area (TPSA) is 77.0 Å². The van der Waals surface area contributed by atoms with Crippen molar-refractivity contribution in [2.24, 2.45) is 11.0 Å². The number of hydrogen-bond acceptors (Lipinski definition) is 5. The van der Waals surface area contributed by atoms with Crippen molar-refractivity contribution in [2.75, 3.05) is 13.2 Å². The minimum atomic E-state index is -0.358. The molecule has 1 N–H and O–H groups in total. The summed E-state index contributed by atoms with van der Waals surface area (Å²) >= 11 is 0. The van der Waals surface area contributed by atoms with Crippen LogP contribution in [-0.2, 0) is 9.53 Å². The molecule has 1 fully saturated rings. The smallest absolute Gasteiger partial charge is 0.338 e. The zero-order valence-corrected chi connectivity index (χ0v) is 14.9. The summed E-state index contributed by atoms with van der Waals surface area (Å²) in [4.78, 5) is 23.5. The van der Waals surface area contributed by atoms with Gasteiger partial charge in [-0.3, -0.25) is 4.79 Å². The molecule has 1 saturated carbocycles. The molecule has 1 aliphatic carbocycles. The normalized spacial score (nSPS) is 18.6. The van der Waals surface area contributed by atoms with E-state index in [0.717, 1.165) is 31.4 Å². The lowest BCUT2D eigenvalue weighted by molar-refractivity contribution is -0.123. The largest absolute Gasteiger partial charge is 0.484 e. The van der Waals surface area contributed by atoms with E-state index in [9.17, 15) is 9.59 Å².